The predicted octanol–water partition coefficient (Wildman–Crippen LogP) is 2.92. The van der Waals surface area contributed by atoms with Gasteiger partial charge in [-0.1, -0.05) is 0 Å². The summed E-state index contributed by atoms with van der Waals surface area (Å²) < 4.78 is -0.208. The SMILES string of the molecule is Cc1nc(C(=O)C2(C)CCCS2)cs1. The lowest BCUT2D eigenvalue weighted by Gasteiger charge is -2.19. The Labute approximate surface area is 92.1 Å². The molecule has 0 saturated carbocycles. The standard InChI is InChI=1S/C10H13NOS2/c1-7-11-8(6-13-7)9(12)10(2)4-3-5-14-10/h6H,3-5H2,1-2H3. The highest BCUT2D eigenvalue weighted by Crippen LogP contribution is 2.40. The second kappa shape index (κ2) is 3.66. The largest absolute Gasteiger partial charge is 0.291 e. The van der Waals surface area contributed by atoms with Crippen molar-refractivity contribution in [2.45, 2.75) is 31.4 Å². The summed E-state index contributed by atoms with van der Waals surface area (Å²) in [6, 6.07) is 0. The second-order valence-electron chi connectivity index (χ2n) is 3.76. The van der Waals surface area contributed by atoms with Gasteiger partial charge >= 0.3 is 0 Å². The van der Waals surface area contributed by atoms with Crippen LogP contribution in [0.4, 0.5) is 0 Å². The molecule has 1 aliphatic rings. The van der Waals surface area contributed by atoms with Gasteiger partial charge in [-0.05, 0) is 32.4 Å². The minimum Gasteiger partial charge on any atom is -0.291 e. The summed E-state index contributed by atoms with van der Waals surface area (Å²) >= 11 is 3.32. The fourth-order valence-electron chi connectivity index (χ4n) is 1.70. The van der Waals surface area contributed by atoms with Crippen LogP contribution in [0, 0.1) is 6.92 Å². The molecule has 0 N–H and O–H groups in total. The van der Waals surface area contributed by atoms with E-state index in [1.165, 1.54) is 0 Å². The summed E-state index contributed by atoms with van der Waals surface area (Å²) in [5.74, 6) is 1.31. The first kappa shape index (κ1) is 10.2. The molecule has 0 amide bonds. The van der Waals surface area contributed by atoms with Crippen LogP contribution >= 0.6 is 23.1 Å². The number of carbonyl (C=O) groups excluding carboxylic acids is 1. The van der Waals surface area contributed by atoms with Crippen molar-refractivity contribution in [2.75, 3.05) is 5.75 Å². The molecule has 1 atom stereocenters. The molecule has 0 radical (unpaired) electrons. The molecule has 1 saturated heterocycles. The average Bonchev–Trinajstić information content (AvgIpc) is 2.74. The van der Waals surface area contributed by atoms with Gasteiger partial charge in [0.05, 0.1) is 9.75 Å². The molecule has 0 aromatic carbocycles. The van der Waals surface area contributed by atoms with Gasteiger partial charge in [0.15, 0.2) is 5.78 Å². The number of carbonyl (C=O) groups is 1. The molecular weight excluding hydrogens is 214 g/mol. The Morgan fingerprint density at radius 2 is 2.43 bits per heavy atom. The Bertz CT molecular complexity index is 353. The highest BCUT2D eigenvalue weighted by Gasteiger charge is 2.38. The van der Waals surface area contributed by atoms with Crippen molar-refractivity contribution in [3.05, 3.63) is 16.1 Å². The van der Waals surface area contributed by atoms with Crippen molar-refractivity contribution >= 4 is 28.9 Å². The lowest BCUT2D eigenvalue weighted by atomic mass is 9.98. The van der Waals surface area contributed by atoms with Crippen molar-refractivity contribution in [1.29, 1.82) is 0 Å². The Morgan fingerprint density at radius 1 is 1.64 bits per heavy atom. The van der Waals surface area contributed by atoms with Crippen LogP contribution in [0.5, 0.6) is 0 Å². The van der Waals surface area contributed by atoms with E-state index in [1.807, 2.05) is 19.2 Å². The average molecular weight is 227 g/mol. The first-order valence-electron chi connectivity index (χ1n) is 4.73. The summed E-state index contributed by atoms with van der Waals surface area (Å²) in [6.45, 7) is 3.98. The highest BCUT2D eigenvalue weighted by atomic mass is 32.2. The molecule has 1 aliphatic heterocycles. The summed E-state index contributed by atoms with van der Waals surface area (Å²) in [6.07, 6.45) is 2.14. The lowest BCUT2D eigenvalue weighted by molar-refractivity contribution is 0.0944. The van der Waals surface area contributed by atoms with Gasteiger partial charge < -0.3 is 0 Å². The van der Waals surface area contributed by atoms with Gasteiger partial charge in [0, 0.05) is 5.38 Å². The minimum absolute atomic E-state index is 0.208. The Hall–Kier alpha value is -0.350. The zero-order chi connectivity index (χ0) is 10.2. The number of ketones is 1. The molecule has 0 spiro atoms. The number of aryl methyl sites for hydroxylation is 1. The zero-order valence-corrected chi connectivity index (χ0v) is 10.0. The molecule has 2 rings (SSSR count). The van der Waals surface area contributed by atoms with Crippen molar-refractivity contribution in [2.24, 2.45) is 0 Å². The Balaban J connectivity index is 2.23. The Morgan fingerprint density at radius 3 is 2.93 bits per heavy atom. The van der Waals surface area contributed by atoms with Crippen molar-refractivity contribution < 1.29 is 4.79 Å². The van der Waals surface area contributed by atoms with Gasteiger partial charge in [0.2, 0.25) is 0 Å². The van der Waals surface area contributed by atoms with E-state index in [4.69, 9.17) is 0 Å². The summed E-state index contributed by atoms with van der Waals surface area (Å²) in [7, 11) is 0. The van der Waals surface area contributed by atoms with Crippen molar-refractivity contribution in [3.8, 4) is 0 Å². The number of aromatic nitrogens is 1. The van der Waals surface area contributed by atoms with Crippen LogP contribution in [-0.2, 0) is 0 Å². The fourth-order valence-corrected chi connectivity index (χ4v) is 3.55. The van der Waals surface area contributed by atoms with E-state index in [2.05, 4.69) is 4.98 Å². The first-order chi connectivity index (χ1) is 6.62. The van der Waals surface area contributed by atoms with E-state index in [-0.39, 0.29) is 10.5 Å². The maximum atomic E-state index is 12.1. The summed E-state index contributed by atoms with van der Waals surface area (Å²) in [5.41, 5.74) is 0.657. The maximum absolute atomic E-state index is 12.1. The van der Waals surface area contributed by atoms with Gasteiger partial charge in [-0.15, -0.1) is 23.1 Å². The third-order valence-electron chi connectivity index (χ3n) is 2.55. The maximum Gasteiger partial charge on any atom is 0.197 e. The predicted molar refractivity (Wildman–Crippen MR) is 61.3 cm³/mol. The van der Waals surface area contributed by atoms with Crippen molar-refractivity contribution in [1.82, 2.24) is 4.98 Å². The third-order valence-corrected chi connectivity index (χ3v) is 4.84. The Kier molecular flexibility index (Phi) is 2.66. The van der Waals surface area contributed by atoms with Crippen LogP contribution in [0.3, 0.4) is 0 Å². The van der Waals surface area contributed by atoms with Gasteiger partial charge in [0.25, 0.3) is 0 Å². The molecule has 1 fully saturated rings. The number of thiazole rings is 1. The second-order valence-corrected chi connectivity index (χ2v) is 6.42. The quantitative estimate of drug-likeness (QED) is 0.728. The molecule has 14 heavy (non-hydrogen) atoms. The minimum atomic E-state index is -0.208. The number of Topliss-reactive ketones (excluding diaryl/α,β-unsaturated/α-hetero) is 1. The normalized spacial score (nSPS) is 26.7. The summed E-state index contributed by atoms with van der Waals surface area (Å²) in [5, 5.41) is 2.85. The van der Waals surface area contributed by atoms with Gasteiger partial charge in [-0.25, -0.2) is 4.98 Å². The molecule has 2 heterocycles. The fraction of sp³-hybridized carbons (Fsp3) is 0.600. The molecule has 4 heteroatoms. The summed E-state index contributed by atoms with van der Waals surface area (Å²) in [4.78, 5) is 16.4. The molecular formula is C10H13NOS2. The number of rotatable bonds is 2. The number of hydrogen-bond acceptors (Lipinski definition) is 4. The van der Waals surface area contributed by atoms with Crippen molar-refractivity contribution in [3.63, 3.8) is 0 Å². The smallest absolute Gasteiger partial charge is 0.197 e. The van der Waals surface area contributed by atoms with E-state index >= 15 is 0 Å². The van der Waals surface area contributed by atoms with Crippen LogP contribution in [0.2, 0.25) is 0 Å². The van der Waals surface area contributed by atoms with E-state index in [9.17, 15) is 4.79 Å². The molecule has 0 aliphatic carbocycles. The first-order valence-corrected chi connectivity index (χ1v) is 6.59. The van der Waals surface area contributed by atoms with Gasteiger partial charge in [-0.3, -0.25) is 4.79 Å². The molecule has 1 aromatic heterocycles. The van der Waals surface area contributed by atoms with Crippen LogP contribution in [0.1, 0.15) is 35.3 Å². The van der Waals surface area contributed by atoms with E-state index in [1.54, 1.807) is 23.1 Å². The third kappa shape index (κ3) is 1.73. The monoisotopic (exact) mass is 227 g/mol. The molecule has 2 nitrogen and oxygen atoms in total. The molecule has 0 bridgehead atoms. The van der Waals surface area contributed by atoms with Crippen LogP contribution in [0.25, 0.3) is 0 Å². The zero-order valence-electron chi connectivity index (χ0n) is 8.37. The lowest BCUT2D eigenvalue weighted by Crippen LogP contribution is -2.28. The number of hydrogen-bond donors (Lipinski definition) is 0. The highest BCUT2D eigenvalue weighted by molar-refractivity contribution is 8.01. The molecule has 1 unspecified atom stereocenters. The number of nitrogens with zero attached hydrogens (tertiary/aromatic N) is 1. The van der Waals surface area contributed by atoms with Crippen LogP contribution in [-0.4, -0.2) is 21.3 Å². The van der Waals surface area contributed by atoms with Gasteiger partial charge in [0.1, 0.15) is 5.69 Å². The van der Waals surface area contributed by atoms with E-state index < -0.39 is 0 Å². The topological polar surface area (TPSA) is 30.0 Å². The van der Waals surface area contributed by atoms with Crippen LogP contribution < -0.4 is 0 Å². The molecule has 1 aromatic rings. The van der Waals surface area contributed by atoms with Crippen LogP contribution in [0.15, 0.2) is 5.38 Å². The number of thioether (sulfide) groups is 1. The van der Waals surface area contributed by atoms with E-state index in [0.717, 1.165) is 23.6 Å². The van der Waals surface area contributed by atoms with E-state index in [0.29, 0.717) is 5.69 Å². The molecule has 76 valence electrons. The van der Waals surface area contributed by atoms with Gasteiger partial charge in [-0.2, -0.15) is 0 Å².